The molecule has 0 bridgehead atoms. The predicted molar refractivity (Wildman–Crippen MR) is 84.8 cm³/mol. The Balaban J connectivity index is 1.72. The largest absolute Gasteiger partial charge is 0.310 e. The molecule has 2 rings (SSSR count). The number of nitrogens with zero attached hydrogens (tertiary/aromatic N) is 1. The lowest BCUT2D eigenvalue weighted by Gasteiger charge is -2.35. The summed E-state index contributed by atoms with van der Waals surface area (Å²) in [7, 11) is 0. The Bertz CT molecular complexity index is 367. The fourth-order valence-electron chi connectivity index (χ4n) is 3.00. The zero-order valence-corrected chi connectivity index (χ0v) is 13.4. The Morgan fingerprint density at radius 2 is 2.11 bits per heavy atom. The highest BCUT2D eigenvalue weighted by atomic mass is 32.1. The third-order valence-corrected chi connectivity index (χ3v) is 5.37. The van der Waals surface area contributed by atoms with Gasteiger partial charge in [-0.2, -0.15) is 11.3 Å². The van der Waals surface area contributed by atoms with E-state index >= 15 is 0 Å². The molecule has 1 aromatic heterocycles. The Labute approximate surface area is 122 Å². The molecule has 3 heteroatoms. The SMILES string of the molecule is CCCN1CCC(C(C)NCc2cscc2C)CC1. The maximum atomic E-state index is 3.73. The minimum Gasteiger partial charge on any atom is -0.310 e. The first kappa shape index (κ1) is 15.0. The molecule has 1 saturated heterocycles. The summed E-state index contributed by atoms with van der Waals surface area (Å²) >= 11 is 1.81. The molecule has 1 atom stereocenters. The summed E-state index contributed by atoms with van der Waals surface area (Å²) in [5, 5.41) is 8.25. The van der Waals surface area contributed by atoms with Crippen LogP contribution >= 0.6 is 11.3 Å². The van der Waals surface area contributed by atoms with E-state index in [-0.39, 0.29) is 0 Å². The number of hydrogen-bond donors (Lipinski definition) is 1. The lowest BCUT2D eigenvalue weighted by Crippen LogP contribution is -2.41. The molecule has 108 valence electrons. The molecule has 0 radical (unpaired) electrons. The van der Waals surface area contributed by atoms with E-state index in [1.807, 2.05) is 11.3 Å². The highest BCUT2D eigenvalue weighted by Gasteiger charge is 2.23. The van der Waals surface area contributed by atoms with Gasteiger partial charge in [-0.25, -0.2) is 0 Å². The van der Waals surface area contributed by atoms with Crippen LogP contribution in [-0.2, 0) is 6.54 Å². The fourth-order valence-corrected chi connectivity index (χ4v) is 3.86. The second-order valence-corrected chi connectivity index (χ2v) is 6.67. The minimum atomic E-state index is 0.642. The third kappa shape index (κ3) is 4.30. The molecule has 1 N–H and O–H groups in total. The summed E-state index contributed by atoms with van der Waals surface area (Å²) in [5.41, 5.74) is 2.91. The summed E-state index contributed by atoms with van der Waals surface area (Å²) < 4.78 is 0. The van der Waals surface area contributed by atoms with Crippen molar-refractivity contribution in [2.75, 3.05) is 19.6 Å². The van der Waals surface area contributed by atoms with Crippen LogP contribution in [0.4, 0.5) is 0 Å². The van der Waals surface area contributed by atoms with Crippen LogP contribution in [0.15, 0.2) is 10.8 Å². The summed E-state index contributed by atoms with van der Waals surface area (Å²) in [5.74, 6) is 0.854. The van der Waals surface area contributed by atoms with Gasteiger partial charge in [-0.05, 0) is 80.5 Å². The van der Waals surface area contributed by atoms with Crippen LogP contribution < -0.4 is 5.32 Å². The van der Waals surface area contributed by atoms with E-state index in [0.29, 0.717) is 6.04 Å². The van der Waals surface area contributed by atoms with Crippen LogP contribution in [0.2, 0.25) is 0 Å². The smallest absolute Gasteiger partial charge is 0.0218 e. The van der Waals surface area contributed by atoms with Gasteiger partial charge in [0.05, 0.1) is 0 Å². The van der Waals surface area contributed by atoms with E-state index in [4.69, 9.17) is 0 Å². The average Bonchev–Trinajstić information content (AvgIpc) is 2.83. The average molecular weight is 280 g/mol. The molecule has 2 heterocycles. The van der Waals surface area contributed by atoms with Gasteiger partial charge in [0.25, 0.3) is 0 Å². The number of piperidine rings is 1. The van der Waals surface area contributed by atoms with E-state index < -0.39 is 0 Å². The number of rotatable bonds is 6. The van der Waals surface area contributed by atoms with Gasteiger partial charge in [0.15, 0.2) is 0 Å². The molecule has 0 saturated carbocycles. The molecular weight excluding hydrogens is 252 g/mol. The van der Waals surface area contributed by atoms with Crippen molar-refractivity contribution < 1.29 is 0 Å². The fraction of sp³-hybridized carbons (Fsp3) is 0.750. The van der Waals surface area contributed by atoms with Crippen molar-refractivity contribution in [3.05, 3.63) is 21.9 Å². The minimum absolute atomic E-state index is 0.642. The van der Waals surface area contributed by atoms with Gasteiger partial charge in [-0.15, -0.1) is 0 Å². The second kappa shape index (κ2) is 7.41. The molecule has 1 unspecified atom stereocenters. The van der Waals surface area contributed by atoms with Crippen molar-refractivity contribution in [2.45, 2.75) is 52.6 Å². The summed E-state index contributed by atoms with van der Waals surface area (Å²) in [6, 6.07) is 0.642. The maximum Gasteiger partial charge on any atom is 0.0218 e. The molecule has 0 aromatic carbocycles. The van der Waals surface area contributed by atoms with Crippen LogP contribution in [0.25, 0.3) is 0 Å². The van der Waals surface area contributed by atoms with Crippen molar-refractivity contribution in [2.24, 2.45) is 5.92 Å². The highest BCUT2D eigenvalue weighted by Crippen LogP contribution is 2.21. The first-order valence-corrected chi connectivity index (χ1v) is 8.62. The van der Waals surface area contributed by atoms with E-state index in [1.165, 1.54) is 50.0 Å². The number of likely N-dealkylation sites (tertiary alicyclic amines) is 1. The molecule has 0 amide bonds. The van der Waals surface area contributed by atoms with Crippen molar-refractivity contribution >= 4 is 11.3 Å². The zero-order chi connectivity index (χ0) is 13.7. The number of aryl methyl sites for hydroxylation is 1. The first-order chi connectivity index (χ1) is 9.20. The van der Waals surface area contributed by atoms with Gasteiger partial charge in [0.1, 0.15) is 0 Å². The topological polar surface area (TPSA) is 15.3 Å². The quantitative estimate of drug-likeness (QED) is 0.855. The molecular formula is C16H28N2S. The van der Waals surface area contributed by atoms with Crippen molar-refractivity contribution in [3.63, 3.8) is 0 Å². The van der Waals surface area contributed by atoms with Gasteiger partial charge in [0, 0.05) is 12.6 Å². The third-order valence-electron chi connectivity index (χ3n) is 4.46. The molecule has 0 aliphatic carbocycles. The van der Waals surface area contributed by atoms with Crippen LogP contribution in [0, 0.1) is 12.8 Å². The van der Waals surface area contributed by atoms with Gasteiger partial charge >= 0.3 is 0 Å². The summed E-state index contributed by atoms with van der Waals surface area (Å²) in [6.45, 7) is 11.8. The monoisotopic (exact) mass is 280 g/mol. The molecule has 0 spiro atoms. The van der Waals surface area contributed by atoms with Gasteiger partial charge in [-0.3, -0.25) is 0 Å². The van der Waals surface area contributed by atoms with Gasteiger partial charge in [-0.1, -0.05) is 6.92 Å². The molecule has 19 heavy (non-hydrogen) atoms. The molecule has 2 nitrogen and oxygen atoms in total. The zero-order valence-electron chi connectivity index (χ0n) is 12.6. The summed E-state index contributed by atoms with van der Waals surface area (Å²) in [4.78, 5) is 2.62. The normalized spacial score (nSPS) is 19.7. The van der Waals surface area contributed by atoms with E-state index in [9.17, 15) is 0 Å². The second-order valence-electron chi connectivity index (χ2n) is 5.93. The number of thiophene rings is 1. The van der Waals surface area contributed by atoms with Crippen molar-refractivity contribution in [3.8, 4) is 0 Å². The molecule has 1 aliphatic rings. The van der Waals surface area contributed by atoms with Crippen LogP contribution in [0.3, 0.4) is 0 Å². The highest BCUT2D eigenvalue weighted by molar-refractivity contribution is 7.08. The van der Waals surface area contributed by atoms with Crippen LogP contribution in [-0.4, -0.2) is 30.6 Å². The summed E-state index contributed by atoms with van der Waals surface area (Å²) in [6.07, 6.45) is 4.00. The standard InChI is InChI=1S/C16H28N2S/c1-4-7-18-8-5-15(6-9-18)14(3)17-10-16-12-19-11-13(16)2/h11-12,14-15,17H,4-10H2,1-3H3. The Morgan fingerprint density at radius 3 is 2.68 bits per heavy atom. The van der Waals surface area contributed by atoms with Crippen LogP contribution in [0.5, 0.6) is 0 Å². The lowest BCUT2D eigenvalue weighted by atomic mass is 9.90. The Kier molecular flexibility index (Phi) is 5.86. The van der Waals surface area contributed by atoms with E-state index in [2.05, 4.69) is 41.7 Å². The maximum absolute atomic E-state index is 3.73. The van der Waals surface area contributed by atoms with Crippen LogP contribution in [0.1, 0.15) is 44.2 Å². The molecule has 1 aromatic rings. The Morgan fingerprint density at radius 1 is 1.37 bits per heavy atom. The van der Waals surface area contributed by atoms with E-state index in [1.54, 1.807) is 0 Å². The van der Waals surface area contributed by atoms with E-state index in [0.717, 1.165) is 12.5 Å². The van der Waals surface area contributed by atoms with Gasteiger partial charge in [0.2, 0.25) is 0 Å². The molecule has 1 fully saturated rings. The molecule has 1 aliphatic heterocycles. The predicted octanol–water partition coefficient (Wildman–Crippen LogP) is 3.66. The van der Waals surface area contributed by atoms with Crippen molar-refractivity contribution in [1.29, 1.82) is 0 Å². The first-order valence-electron chi connectivity index (χ1n) is 7.68. The van der Waals surface area contributed by atoms with Gasteiger partial charge < -0.3 is 10.2 Å². The van der Waals surface area contributed by atoms with Crippen molar-refractivity contribution in [1.82, 2.24) is 10.2 Å². The number of nitrogens with one attached hydrogen (secondary N) is 1. The lowest BCUT2D eigenvalue weighted by molar-refractivity contribution is 0.162. The Hall–Kier alpha value is -0.380. The number of hydrogen-bond acceptors (Lipinski definition) is 3.